The Bertz CT molecular complexity index is 269. The van der Waals surface area contributed by atoms with Gasteiger partial charge in [0.25, 0.3) is 0 Å². The van der Waals surface area contributed by atoms with E-state index in [4.69, 9.17) is 5.73 Å². The van der Waals surface area contributed by atoms with E-state index >= 15 is 0 Å². The topological polar surface area (TPSA) is 49.6 Å². The SMILES string of the molecule is CN1CCCN(C(=O)C2CCCC2CN)CC1. The molecule has 2 rings (SSSR count). The van der Waals surface area contributed by atoms with Gasteiger partial charge in [0.2, 0.25) is 5.91 Å². The van der Waals surface area contributed by atoms with Crippen LogP contribution in [0.3, 0.4) is 0 Å². The van der Waals surface area contributed by atoms with Crippen molar-refractivity contribution in [1.82, 2.24) is 9.80 Å². The molecule has 0 aromatic rings. The van der Waals surface area contributed by atoms with Gasteiger partial charge in [0.1, 0.15) is 0 Å². The third-order valence-corrected chi connectivity index (χ3v) is 4.31. The van der Waals surface area contributed by atoms with Gasteiger partial charge >= 0.3 is 0 Å². The van der Waals surface area contributed by atoms with E-state index in [9.17, 15) is 4.79 Å². The van der Waals surface area contributed by atoms with Crippen LogP contribution >= 0.6 is 0 Å². The zero-order chi connectivity index (χ0) is 12.3. The Balaban J connectivity index is 1.94. The summed E-state index contributed by atoms with van der Waals surface area (Å²) < 4.78 is 0. The van der Waals surface area contributed by atoms with Gasteiger partial charge in [0.05, 0.1) is 0 Å². The van der Waals surface area contributed by atoms with Crippen molar-refractivity contribution in [2.75, 3.05) is 39.8 Å². The number of nitrogens with zero attached hydrogens (tertiary/aromatic N) is 2. The van der Waals surface area contributed by atoms with Gasteiger partial charge < -0.3 is 15.5 Å². The van der Waals surface area contributed by atoms with Crippen LogP contribution in [0.2, 0.25) is 0 Å². The lowest BCUT2D eigenvalue weighted by Crippen LogP contribution is -2.40. The highest BCUT2D eigenvalue weighted by Gasteiger charge is 2.34. The molecule has 4 nitrogen and oxygen atoms in total. The van der Waals surface area contributed by atoms with Gasteiger partial charge in [-0.05, 0) is 45.3 Å². The number of amides is 1. The average Bonchev–Trinajstić information content (AvgIpc) is 2.70. The highest BCUT2D eigenvalue weighted by molar-refractivity contribution is 5.79. The fraction of sp³-hybridized carbons (Fsp3) is 0.923. The smallest absolute Gasteiger partial charge is 0.226 e. The first-order valence-electron chi connectivity index (χ1n) is 6.89. The van der Waals surface area contributed by atoms with E-state index in [0.717, 1.165) is 45.4 Å². The lowest BCUT2D eigenvalue weighted by Gasteiger charge is -2.26. The van der Waals surface area contributed by atoms with Gasteiger partial charge in [-0.25, -0.2) is 0 Å². The molecule has 98 valence electrons. The zero-order valence-corrected chi connectivity index (χ0v) is 10.9. The minimum absolute atomic E-state index is 0.211. The fourth-order valence-electron chi connectivity index (χ4n) is 3.15. The normalized spacial score (nSPS) is 31.5. The molecule has 2 N–H and O–H groups in total. The first-order chi connectivity index (χ1) is 8.22. The molecule has 1 heterocycles. The van der Waals surface area contributed by atoms with Crippen LogP contribution in [0.25, 0.3) is 0 Å². The summed E-state index contributed by atoms with van der Waals surface area (Å²) in [4.78, 5) is 16.9. The molecule has 1 aliphatic heterocycles. The summed E-state index contributed by atoms with van der Waals surface area (Å²) in [6, 6.07) is 0. The lowest BCUT2D eigenvalue weighted by molar-refractivity contribution is -0.136. The number of carbonyl (C=O) groups excluding carboxylic acids is 1. The molecule has 2 atom stereocenters. The fourth-order valence-corrected chi connectivity index (χ4v) is 3.15. The molecule has 1 saturated heterocycles. The second-order valence-corrected chi connectivity index (χ2v) is 5.52. The summed E-state index contributed by atoms with van der Waals surface area (Å²) >= 11 is 0. The Hall–Kier alpha value is -0.610. The third-order valence-electron chi connectivity index (χ3n) is 4.31. The number of hydrogen-bond donors (Lipinski definition) is 1. The van der Waals surface area contributed by atoms with Crippen molar-refractivity contribution in [1.29, 1.82) is 0 Å². The van der Waals surface area contributed by atoms with E-state index < -0.39 is 0 Å². The third kappa shape index (κ3) is 2.99. The predicted molar refractivity (Wildman–Crippen MR) is 68.6 cm³/mol. The van der Waals surface area contributed by atoms with Crippen LogP contribution in [0, 0.1) is 11.8 Å². The van der Waals surface area contributed by atoms with E-state index in [1.807, 2.05) is 0 Å². The van der Waals surface area contributed by atoms with Crippen LogP contribution in [-0.4, -0.2) is 55.5 Å². The minimum atomic E-state index is 0.211. The lowest BCUT2D eigenvalue weighted by atomic mass is 9.94. The van der Waals surface area contributed by atoms with Crippen molar-refractivity contribution in [2.24, 2.45) is 17.6 Å². The second kappa shape index (κ2) is 5.83. The number of nitrogens with two attached hydrogens (primary N) is 1. The molecule has 0 spiro atoms. The molecule has 1 amide bonds. The molecular formula is C13H25N3O. The Labute approximate surface area is 104 Å². The van der Waals surface area contributed by atoms with Gasteiger partial charge in [-0.15, -0.1) is 0 Å². The van der Waals surface area contributed by atoms with E-state index in [1.54, 1.807) is 0 Å². The summed E-state index contributed by atoms with van der Waals surface area (Å²) in [5.41, 5.74) is 5.77. The molecule has 4 heteroatoms. The molecule has 0 aromatic carbocycles. The number of rotatable bonds is 2. The van der Waals surface area contributed by atoms with E-state index in [1.165, 1.54) is 6.42 Å². The predicted octanol–water partition coefficient (Wildman–Crippen LogP) is 0.526. The number of carbonyl (C=O) groups is 1. The summed E-state index contributed by atoms with van der Waals surface area (Å²) in [7, 11) is 2.13. The Morgan fingerprint density at radius 3 is 2.76 bits per heavy atom. The van der Waals surface area contributed by atoms with Crippen LogP contribution in [0.1, 0.15) is 25.7 Å². The summed E-state index contributed by atoms with van der Waals surface area (Å²) in [6.07, 6.45) is 4.46. The van der Waals surface area contributed by atoms with Crippen molar-refractivity contribution in [2.45, 2.75) is 25.7 Å². The number of hydrogen-bond acceptors (Lipinski definition) is 3. The van der Waals surface area contributed by atoms with Crippen molar-refractivity contribution < 1.29 is 4.79 Å². The monoisotopic (exact) mass is 239 g/mol. The summed E-state index contributed by atoms with van der Waals surface area (Å²) in [6.45, 7) is 4.60. The van der Waals surface area contributed by atoms with Crippen LogP contribution in [-0.2, 0) is 4.79 Å². The molecule has 2 aliphatic rings. The van der Waals surface area contributed by atoms with Crippen molar-refractivity contribution in [3.63, 3.8) is 0 Å². The summed E-state index contributed by atoms with van der Waals surface area (Å²) in [5, 5.41) is 0. The van der Waals surface area contributed by atoms with Crippen LogP contribution in [0.4, 0.5) is 0 Å². The molecule has 0 bridgehead atoms. The maximum absolute atomic E-state index is 12.5. The molecule has 0 radical (unpaired) electrons. The molecular weight excluding hydrogens is 214 g/mol. The molecule has 1 saturated carbocycles. The van der Waals surface area contributed by atoms with E-state index in [-0.39, 0.29) is 5.92 Å². The zero-order valence-electron chi connectivity index (χ0n) is 10.9. The van der Waals surface area contributed by atoms with Crippen LogP contribution in [0.15, 0.2) is 0 Å². The van der Waals surface area contributed by atoms with E-state index in [2.05, 4.69) is 16.8 Å². The molecule has 2 fully saturated rings. The molecule has 2 unspecified atom stereocenters. The molecule has 0 aromatic heterocycles. The first kappa shape index (κ1) is 12.8. The number of likely N-dealkylation sites (N-methyl/N-ethyl adjacent to an activating group) is 1. The van der Waals surface area contributed by atoms with Crippen LogP contribution < -0.4 is 5.73 Å². The van der Waals surface area contributed by atoms with E-state index in [0.29, 0.717) is 18.4 Å². The van der Waals surface area contributed by atoms with Crippen LogP contribution in [0.5, 0.6) is 0 Å². The van der Waals surface area contributed by atoms with Gasteiger partial charge in [-0.2, -0.15) is 0 Å². The van der Waals surface area contributed by atoms with Crippen molar-refractivity contribution >= 4 is 5.91 Å². The van der Waals surface area contributed by atoms with Gasteiger partial charge in [-0.3, -0.25) is 4.79 Å². The quantitative estimate of drug-likeness (QED) is 0.764. The first-order valence-corrected chi connectivity index (χ1v) is 6.89. The van der Waals surface area contributed by atoms with Gasteiger partial charge in [-0.1, -0.05) is 6.42 Å². The second-order valence-electron chi connectivity index (χ2n) is 5.52. The maximum atomic E-state index is 12.5. The highest BCUT2D eigenvalue weighted by atomic mass is 16.2. The minimum Gasteiger partial charge on any atom is -0.341 e. The Kier molecular flexibility index (Phi) is 4.40. The maximum Gasteiger partial charge on any atom is 0.226 e. The van der Waals surface area contributed by atoms with Gasteiger partial charge in [0.15, 0.2) is 0 Å². The Morgan fingerprint density at radius 1 is 1.18 bits per heavy atom. The molecule has 17 heavy (non-hydrogen) atoms. The molecule has 1 aliphatic carbocycles. The standard InChI is InChI=1S/C13H25N3O/c1-15-6-3-7-16(9-8-15)13(17)12-5-2-4-11(12)10-14/h11-12H,2-10,14H2,1H3. The van der Waals surface area contributed by atoms with Crippen molar-refractivity contribution in [3.8, 4) is 0 Å². The van der Waals surface area contributed by atoms with Gasteiger partial charge in [0, 0.05) is 25.6 Å². The largest absolute Gasteiger partial charge is 0.341 e. The summed E-state index contributed by atoms with van der Waals surface area (Å²) in [5.74, 6) is 1.01. The average molecular weight is 239 g/mol. The Morgan fingerprint density at radius 2 is 2.00 bits per heavy atom. The van der Waals surface area contributed by atoms with Crippen molar-refractivity contribution in [3.05, 3.63) is 0 Å². The highest BCUT2D eigenvalue weighted by Crippen LogP contribution is 2.32.